The van der Waals surface area contributed by atoms with Gasteiger partial charge in [-0.1, -0.05) is 12.8 Å². The van der Waals surface area contributed by atoms with Crippen molar-refractivity contribution in [2.75, 3.05) is 27.7 Å². The first-order chi connectivity index (χ1) is 8.66. The smallest absolute Gasteiger partial charge is 0.0572 e. The largest absolute Gasteiger partial charge is 0.381 e. The Hall–Kier alpha value is -0.120. The fraction of sp³-hybridized carbons (Fsp3) is 1.00. The second-order valence-electron chi connectivity index (χ2n) is 6.42. The predicted octanol–water partition coefficient (Wildman–Crippen LogP) is 2.41. The van der Waals surface area contributed by atoms with Crippen LogP contribution in [0, 0.1) is 0 Å². The Morgan fingerprint density at radius 1 is 1.11 bits per heavy atom. The summed E-state index contributed by atoms with van der Waals surface area (Å²) in [6, 6.07) is 0.717. The molecule has 0 heterocycles. The number of ether oxygens (including phenoxy) is 1. The maximum absolute atomic E-state index is 5.44. The van der Waals surface area contributed by atoms with E-state index in [0.717, 1.165) is 0 Å². The molecule has 2 aliphatic rings. The Kier molecular flexibility index (Phi) is 5.05. The van der Waals surface area contributed by atoms with Gasteiger partial charge in [0, 0.05) is 25.2 Å². The Bertz CT molecular complexity index is 241. The molecule has 0 aliphatic heterocycles. The topological polar surface area (TPSA) is 24.5 Å². The average Bonchev–Trinajstić information content (AvgIpc) is 2.87. The van der Waals surface area contributed by atoms with Crippen LogP contribution in [0.15, 0.2) is 0 Å². The fourth-order valence-electron chi connectivity index (χ4n) is 3.65. The van der Waals surface area contributed by atoms with Gasteiger partial charge in [0.1, 0.15) is 0 Å². The summed E-state index contributed by atoms with van der Waals surface area (Å²) in [5.74, 6) is 0. The molecule has 1 N–H and O–H groups in total. The molecule has 106 valence electrons. The molecule has 3 nitrogen and oxygen atoms in total. The number of rotatable bonds is 5. The Labute approximate surface area is 112 Å². The summed E-state index contributed by atoms with van der Waals surface area (Å²) in [4.78, 5) is 2.45. The van der Waals surface area contributed by atoms with E-state index in [4.69, 9.17) is 4.74 Å². The quantitative estimate of drug-likeness (QED) is 0.815. The van der Waals surface area contributed by atoms with E-state index in [1.54, 1.807) is 0 Å². The van der Waals surface area contributed by atoms with Gasteiger partial charge in [-0.3, -0.25) is 0 Å². The van der Waals surface area contributed by atoms with Crippen LogP contribution in [0.1, 0.15) is 51.4 Å². The third-order valence-electron chi connectivity index (χ3n) is 5.21. The van der Waals surface area contributed by atoms with Crippen LogP contribution in [0.2, 0.25) is 0 Å². The summed E-state index contributed by atoms with van der Waals surface area (Å²) in [5.41, 5.74) is 0.429. The summed E-state index contributed by atoms with van der Waals surface area (Å²) >= 11 is 0. The zero-order chi connectivity index (χ0) is 13.0. The van der Waals surface area contributed by atoms with Crippen LogP contribution in [0.3, 0.4) is 0 Å². The molecular weight excluding hydrogens is 224 g/mol. The highest BCUT2D eigenvalue weighted by molar-refractivity contribution is 4.95. The lowest BCUT2D eigenvalue weighted by Gasteiger charge is -2.39. The molecule has 0 saturated heterocycles. The first-order valence-corrected chi connectivity index (χ1v) is 7.60. The van der Waals surface area contributed by atoms with E-state index in [1.807, 2.05) is 7.11 Å². The molecule has 2 saturated carbocycles. The number of nitrogens with one attached hydrogen (secondary N) is 1. The lowest BCUT2D eigenvalue weighted by atomic mass is 9.90. The third-order valence-corrected chi connectivity index (χ3v) is 5.21. The van der Waals surface area contributed by atoms with Gasteiger partial charge < -0.3 is 15.0 Å². The molecule has 2 rings (SSSR count). The van der Waals surface area contributed by atoms with E-state index in [-0.39, 0.29) is 0 Å². The highest BCUT2D eigenvalue weighted by Gasteiger charge is 2.36. The lowest BCUT2D eigenvalue weighted by Crippen LogP contribution is -2.52. The zero-order valence-electron chi connectivity index (χ0n) is 12.4. The monoisotopic (exact) mass is 254 g/mol. The normalized spacial score (nSPS) is 32.0. The van der Waals surface area contributed by atoms with Crippen molar-refractivity contribution in [2.45, 2.75) is 69.1 Å². The molecule has 0 bridgehead atoms. The highest BCUT2D eigenvalue weighted by atomic mass is 16.5. The number of methoxy groups -OCH3 is 1. The van der Waals surface area contributed by atoms with Gasteiger partial charge in [-0.15, -0.1) is 0 Å². The molecule has 0 atom stereocenters. The summed E-state index contributed by atoms with van der Waals surface area (Å²) in [6.45, 7) is 1.17. The van der Waals surface area contributed by atoms with Crippen LogP contribution in [-0.4, -0.2) is 50.3 Å². The SMILES string of the molecule is COC1CCC(NCC2(N(C)C)CCCC2)CC1. The predicted molar refractivity (Wildman–Crippen MR) is 75.9 cm³/mol. The van der Waals surface area contributed by atoms with Crippen LogP contribution >= 0.6 is 0 Å². The number of likely N-dealkylation sites (N-methyl/N-ethyl adjacent to an activating group) is 1. The molecule has 0 unspecified atom stereocenters. The average molecular weight is 254 g/mol. The van der Waals surface area contributed by atoms with E-state index < -0.39 is 0 Å². The maximum Gasteiger partial charge on any atom is 0.0572 e. The molecule has 3 heteroatoms. The Balaban J connectivity index is 1.77. The van der Waals surface area contributed by atoms with Crippen molar-refractivity contribution in [3.8, 4) is 0 Å². The first kappa shape index (κ1) is 14.3. The molecule has 0 radical (unpaired) electrons. The van der Waals surface area contributed by atoms with Gasteiger partial charge in [0.2, 0.25) is 0 Å². The zero-order valence-corrected chi connectivity index (χ0v) is 12.4. The lowest BCUT2D eigenvalue weighted by molar-refractivity contribution is 0.0592. The van der Waals surface area contributed by atoms with E-state index in [2.05, 4.69) is 24.3 Å². The maximum atomic E-state index is 5.44. The van der Waals surface area contributed by atoms with Gasteiger partial charge in [0.15, 0.2) is 0 Å². The molecule has 0 amide bonds. The Morgan fingerprint density at radius 3 is 2.22 bits per heavy atom. The van der Waals surface area contributed by atoms with Crippen molar-refractivity contribution in [3.05, 3.63) is 0 Å². The second-order valence-corrected chi connectivity index (χ2v) is 6.42. The molecule has 2 aliphatic carbocycles. The molecule has 0 spiro atoms. The van der Waals surface area contributed by atoms with Gasteiger partial charge in [-0.2, -0.15) is 0 Å². The molecule has 0 aromatic carbocycles. The van der Waals surface area contributed by atoms with Crippen LogP contribution in [0.5, 0.6) is 0 Å². The van der Waals surface area contributed by atoms with Crippen molar-refractivity contribution in [1.29, 1.82) is 0 Å². The van der Waals surface area contributed by atoms with Gasteiger partial charge in [-0.25, -0.2) is 0 Å². The van der Waals surface area contributed by atoms with Crippen molar-refractivity contribution in [1.82, 2.24) is 10.2 Å². The summed E-state index contributed by atoms with van der Waals surface area (Å²) in [6.07, 6.45) is 11.0. The summed E-state index contributed by atoms with van der Waals surface area (Å²) < 4.78 is 5.44. The molecule has 0 aromatic heterocycles. The summed E-state index contributed by atoms with van der Waals surface area (Å²) in [5, 5.41) is 3.83. The highest BCUT2D eigenvalue weighted by Crippen LogP contribution is 2.33. The van der Waals surface area contributed by atoms with E-state index >= 15 is 0 Å². The van der Waals surface area contributed by atoms with Crippen molar-refractivity contribution in [3.63, 3.8) is 0 Å². The minimum atomic E-state index is 0.429. The minimum Gasteiger partial charge on any atom is -0.381 e. The van der Waals surface area contributed by atoms with Gasteiger partial charge in [0.05, 0.1) is 6.10 Å². The number of nitrogens with zero attached hydrogens (tertiary/aromatic N) is 1. The van der Waals surface area contributed by atoms with Gasteiger partial charge in [0.25, 0.3) is 0 Å². The summed E-state index contributed by atoms with van der Waals surface area (Å²) in [7, 11) is 6.33. The third kappa shape index (κ3) is 3.25. The molecule has 0 aromatic rings. The molecule has 2 fully saturated rings. The van der Waals surface area contributed by atoms with E-state index in [0.29, 0.717) is 17.7 Å². The van der Waals surface area contributed by atoms with Crippen LogP contribution in [0.25, 0.3) is 0 Å². The molecular formula is C15H30N2O. The number of hydrogen-bond acceptors (Lipinski definition) is 3. The van der Waals surface area contributed by atoms with Gasteiger partial charge in [-0.05, 0) is 52.6 Å². The minimum absolute atomic E-state index is 0.429. The van der Waals surface area contributed by atoms with Crippen LogP contribution in [0.4, 0.5) is 0 Å². The van der Waals surface area contributed by atoms with E-state index in [1.165, 1.54) is 57.9 Å². The standard InChI is InChI=1S/C15H30N2O/c1-17(2)15(10-4-5-11-15)12-16-13-6-8-14(18-3)9-7-13/h13-14,16H,4-12H2,1-3H3. The molecule has 18 heavy (non-hydrogen) atoms. The van der Waals surface area contributed by atoms with Crippen molar-refractivity contribution >= 4 is 0 Å². The van der Waals surface area contributed by atoms with Gasteiger partial charge >= 0.3 is 0 Å². The van der Waals surface area contributed by atoms with E-state index in [9.17, 15) is 0 Å². The van der Waals surface area contributed by atoms with Crippen LogP contribution < -0.4 is 5.32 Å². The fourth-order valence-corrected chi connectivity index (χ4v) is 3.65. The first-order valence-electron chi connectivity index (χ1n) is 7.60. The van der Waals surface area contributed by atoms with Crippen molar-refractivity contribution in [2.24, 2.45) is 0 Å². The second kappa shape index (κ2) is 6.36. The number of hydrogen-bond donors (Lipinski definition) is 1. The van der Waals surface area contributed by atoms with Crippen molar-refractivity contribution < 1.29 is 4.74 Å². The van der Waals surface area contributed by atoms with Crippen LogP contribution in [-0.2, 0) is 4.74 Å². The Morgan fingerprint density at radius 2 is 1.72 bits per heavy atom.